The highest BCUT2D eigenvalue weighted by molar-refractivity contribution is 7.89. The van der Waals surface area contributed by atoms with Crippen LogP contribution in [0.5, 0.6) is 0 Å². The minimum Gasteiger partial charge on any atom is -0.384 e. The number of hydrogen-bond acceptors (Lipinski definition) is 5. The Hall–Kier alpha value is -1.83. The van der Waals surface area contributed by atoms with Gasteiger partial charge < -0.3 is 9.64 Å². The Labute approximate surface area is 181 Å². The van der Waals surface area contributed by atoms with Crippen molar-refractivity contribution in [2.45, 2.75) is 32.4 Å². The molecule has 0 aromatic heterocycles. The maximum Gasteiger partial charge on any atom is 0.417 e. The van der Waals surface area contributed by atoms with Crippen LogP contribution in [0.3, 0.4) is 0 Å². The zero-order valence-corrected chi connectivity index (χ0v) is 18.6. The van der Waals surface area contributed by atoms with E-state index in [0.717, 1.165) is 6.07 Å². The van der Waals surface area contributed by atoms with Crippen LogP contribution in [0, 0.1) is 22.7 Å². The van der Waals surface area contributed by atoms with Crippen molar-refractivity contribution in [1.29, 1.82) is 5.26 Å². The van der Waals surface area contributed by atoms with Gasteiger partial charge in [0.2, 0.25) is 10.0 Å². The molecular weight excluding hydrogens is 431 g/mol. The van der Waals surface area contributed by atoms with Crippen molar-refractivity contribution in [2.24, 2.45) is 11.3 Å². The van der Waals surface area contributed by atoms with Gasteiger partial charge in [-0.2, -0.15) is 18.4 Å². The summed E-state index contributed by atoms with van der Waals surface area (Å²) >= 11 is 0. The van der Waals surface area contributed by atoms with Gasteiger partial charge in [0, 0.05) is 44.9 Å². The lowest BCUT2D eigenvalue weighted by molar-refractivity contribution is -0.137. The van der Waals surface area contributed by atoms with Crippen LogP contribution in [0.4, 0.5) is 18.9 Å². The van der Waals surface area contributed by atoms with Crippen LogP contribution < -0.4 is 4.90 Å². The van der Waals surface area contributed by atoms with Gasteiger partial charge in [-0.05, 0) is 42.9 Å². The molecule has 0 amide bonds. The SMILES string of the molecule is CCCS(=O)(=O)N1CC(COC)C2(CCN(c3ccc(C#N)c(C(F)(F)F)c3)CC2)C1. The summed E-state index contributed by atoms with van der Waals surface area (Å²) in [6.45, 7) is 4.17. The lowest BCUT2D eigenvalue weighted by Crippen LogP contribution is -2.45. The molecule has 1 aromatic rings. The van der Waals surface area contributed by atoms with Crippen LogP contribution >= 0.6 is 0 Å². The normalized spacial score (nSPS) is 22.1. The second-order valence-electron chi connectivity index (χ2n) is 8.45. The summed E-state index contributed by atoms with van der Waals surface area (Å²) in [5, 5.41) is 9.00. The van der Waals surface area contributed by atoms with Gasteiger partial charge in [0.05, 0.1) is 29.6 Å². The van der Waals surface area contributed by atoms with Crippen molar-refractivity contribution in [3.8, 4) is 6.07 Å². The molecule has 0 saturated carbocycles. The minimum atomic E-state index is -4.60. The Bertz CT molecular complexity index is 935. The molecule has 0 radical (unpaired) electrons. The van der Waals surface area contributed by atoms with Gasteiger partial charge in [-0.3, -0.25) is 0 Å². The Balaban J connectivity index is 1.79. The molecule has 1 atom stereocenters. The van der Waals surface area contributed by atoms with Gasteiger partial charge in [0.25, 0.3) is 0 Å². The lowest BCUT2D eigenvalue weighted by Gasteiger charge is -2.43. The Morgan fingerprint density at radius 3 is 2.52 bits per heavy atom. The quantitative estimate of drug-likeness (QED) is 0.651. The number of piperidine rings is 1. The number of rotatable bonds is 6. The van der Waals surface area contributed by atoms with Gasteiger partial charge in [0.1, 0.15) is 0 Å². The molecule has 1 aromatic carbocycles. The standard InChI is InChI=1S/C21H28F3N3O3S/c1-3-10-31(28,29)27-13-17(14-30-2)20(15-27)6-8-26(9-7-20)18-5-4-16(12-25)19(11-18)21(22,23)24/h4-5,11,17H,3,6-10,13-15H2,1-2H3. The third-order valence-corrected chi connectivity index (χ3v) is 8.55. The number of anilines is 1. The predicted molar refractivity (Wildman–Crippen MR) is 111 cm³/mol. The number of methoxy groups -OCH3 is 1. The number of nitriles is 1. The van der Waals surface area contributed by atoms with Crippen LogP contribution in [0.15, 0.2) is 18.2 Å². The maximum absolute atomic E-state index is 13.3. The second kappa shape index (κ2) is 8.96. The van der Waals surface area contributed by atoms with E-state index in [1.54, 1.807) is 23.6 Å². The smallest absolute Gasteiger partial charge is 0.384 e. The molecule has 3 rings (SSSR count). The highest BCUT2D eigenvalue weighted by atomic mass is 32.2. The first-order chi connectivity index (χ1) is 14.6. The van der Waals surface area contributed by atoms with Crippen molar-refractivity contribution in [1.82, 2.24) is 4.31 Å². The molecule has 0 aliphatic carbocycles. The van der Waals surface area contributed by atoms with Gasteiger partial charge in [-0.15, -0.1) is 0 Å². The van der Waals surface area contributed by atoms with E-state index in [1.807, 2.05) is 11.8 Å². The molecule has 172 valence electrons. The fourth-order valence-electron chi connectivity index (χ4n) is 4.85. The van der Waals surface area contributed by atoms with E-state index in [0.29, 0.717) is 57.7 Å². The predicted octanol–water partition coefficient (Wildman–Crippen LogP) is 3.48. The number of halogens is 3. The topological polar surface area (TPSA) is 73.6 Å². The van der Waals surface area contributed by atoms with Crippen LogP contribution in [0.2, 0.25) is 0 Å². The molecule has 0 bridgehead atoms. The minimum absolute atomic E-state index is 0.0537. The largest absolute Gasteiger partial charge is 0.417 e. The van der Waals surface area contributed by atoms with Crippen molar-refractivity contribution in [3.05, 3.63) is 29.3 Å². The van der Waals surface area contributed by atoms with Crippen molar-refractivity contribution in [2.75, 3.05) is 50.5 Å². The molecule has 1 spiro atoms. The van der Waals surface area contributed by atoms with E-state index in [2.05, 4.69) is 0 Å². The molecular formula is C21H28F3N3O3S. The molecule has 0 N–H and O–H groups in total. The fourth-order valence-corrected chi connectivity index (χ4v) is 6.49. The van der Waals surface area contributed by atoms with Gasteiger partial charge in [-0.1, -0.05) is 6.92 Å². The number of sulfonamides is 1. The van der Waals surface area contributed by atoms with Crippen LogP contribution in [-0.4, -0.2) is 58.4 Å². The molecule has 6 nitrogen and oxygen atoms in total. The molecule has 1 unspecified atom stereocenters. The fraction of sp³-hybridized carbons (Fsp3) is 0.667. The molecule has 10 heteroatoms. The van der Waals surface area contributed by atoms with E-state index < -0.39 is 27.3 Å². The highest BCUT2D eigenvalue weighted by Crippen LogP contribution is 2.46. The molecule has 2 heterocycles. The summed E-state index contributed by atoms with van der Waals surface area (Å²) in [7, 11) is -1.72. The first-order valence-corrected chi connectivity index (χ1v) is 12.0. The Morgan fingerprint density at radius 1 is 1.29 bits per heavy atom. The van der Waals surface area contributed by atoms with E-state index >= 15 is 0 Å². The molecule has 2 saturated heterocycles. The zero-order valence-electron chi connectivity index (χ0n) is 17.8. The van der Waals surface area contributed by atoms with Crippen LogP contribution in [0.1, 0.15) is 37.3 Å². The van der Waals surface area contributed by atoms with E-state index in [-0.39, 0.29) is 17.1 Å². The Morgan fingerprint density at radius 2 is 1.97 bits per heavy atom. The number of hydrogen-bond donors (Lipinski definition) is 0. The number of ether oxygens (including phenoxy) is 1. The van der Waals surface area contributed by atoms with E-state index in [9.17, 15) is 21.6 Å². The van der Waals surface area contributed by atoms with E-state index in [4.69, 9.17) is 10.00 Å². The average Bonchev–Trinajstić information content (AvgIpc) is 3.06. The van der Waals surface area contributed by atoms with E-state index in [1.165, 1.54) is 6.07 Å². The van der Waals surface area contributed by atoms with Gasteiger partial charge in [0.15, 0.2) is 0 Å². The maximum atomic E-state index is 13.3. The number of alkyl halides is 3. The number of benzene rings is 1. The first kappa shape index (κ1) is 23.8. The summed E-state index contributed by atoms with van der Waals surface area (Å²) in [6.07, 6.45) is -2.71. The summed E-state index contributed by atoms with van der Waals surface area (Å²) in [4.78, 5) is 1.88. The summed E-state index contributed by atoms with van der Waals surface area (Å²) in [5.41, 5.74) is -1.13. The summed E-state index contributed by atoms with van der Waals surface area (Å²) in [6, 6.07) is 5.40. The average molecular weight is 460 g/mol. The van der Waals surface area contributed by atoms with Crippen molar-refractivity contribution < 1.29 is 26.3 Å². The number of nitrogens with zero attached hydrogens (tertiary/aromatic N) is 3. The highest BCUT2D eigenvalue weighted by Gasteiger charge is 2.50. The second-order valence-corrected chi connectivity index (χ2v) is 10.5. The zero-order chi connectivity index (χ0) is 22.9. The monoisotopic (exact) mass is 459 g/mol. The van der Waals surface area contributed by atoms with Crippen LogP contribution in [-0.2, 0) is 20.9 Å². The molecule has 2 fully saturated rings. The first-order valence-electron chi connectivity index (χ1n) is 10.4. The molecule has 2 aliphatic rings. The molecule has 2 aliphatic heterocycles. The summed E-state index contributed by atoms with van der Waals surface area (Å²) in [5.74, 6) is 0.165. The molecule has 31 heavy (non-hydrogen) atoms. The third-order valence-electron chi connectivity index (χ3n) is 6.56. The lowest BCUT2D eigenvalue weighted by atomic mass is 9.71. The van der Waals surface area contributed by atoms with Crippen molar-refractivity contribution in [3.63, 3.8) is 0 Å². The Kier molecular flexibility index (Phi) is 6.89. The van der Waals surface area contributed by atoms with Crippen molar-refractivity contribution >= 4 is 15.7 Å². The van der Waals surface area contributed by atoms with Gasteiger partial charge >= 0.3 is 6.18 Å². The third kappa shape index (κ3) is 4.83. The van der Waals surface area contributed by atoms with Crippen LogP contribution in [0.25, 0.3) is 0 Å². The van der Waals surface area contributed by atoms with Gasteiger partial charge in [-0.25, -0.2) is 12.7 Å². The summed E-state index contributed by atoms with van der Waals surface area (Å²) < 4.78 is 72.2.